The van der Waals surface area contributed by atoms with Crippen LogP contribution in [0.1, 0.15) is 25.7 Å². The van der Waals surface area contributed by atoms with E-state index in [1.807, 2.05) is 6.20 Å². The minimum atomic E-state index is 0.0603. The number of halogens is 1. The Balaban J connectivity index is 1.96. The number of aromatic nitrogens is 1. The summed E-state index contributed by atoms with van der Waals surface area (Å²) in [5.74, 6) is 1.65. The first kappa shape index (κ1) is 11.3. The van der Waals surface area contributed by atoms with Crippen LogP contribution < -0.4 is 5.32 Å². The van der Waals surface area contributed by atoms with E-state index in [0.29, 0.717) is 5.88 Å². The van der Waals surface area contributed by atoms with Crippen molar-refractivity contribution in [1.29, 1.82) is 0 Å². The van der Waals surface area contributed by atoms with E-state index in [2.05, 4.69) is 27.8 Å². The predicted octanol–water partition coefficient (Wildman–Crippen LogP) is 4.26. The molecule has 2 aromatic heterocycles. The monoisotopic (exact) mass is 266 g/mol. The van der Waals surface area contributed by atoms with Gasteiger partial charge in [-0.15, -0.1) is 22.9 Å². The molecule has 0 spiro atoms. The van der Waals surface area contributed by atoms with Gasteiger partial charge in [-0.05, 0) is 30.4 Å². The van der Waals surface area contributed by atoms with Crippen LogP contribution >= 0.6 is 22.9 Å². The normalized spacial score (nSPS) is 18.6. The van der Waals surface area contributed by atoms with Crippen LogP contribution in [-0.4, -0.2) is 16.4 Å². The number of anilines is 1. The lowest BCUT2D eigenvalue weighted by atomic mass is 10.0. The smallest absolute Gasteiger partial charge is 0.135 e. The quantitative estimate of drug-likeness (QED) is 0.840. The summed E-state index contributed by atoms with van der Waals surface area (Å²) in [5, 5.41) is 6.92. The van der Waals surface area contributed by atoms with Crippen molar-refractivity contribution in [3.8, 4) is 0 Å². The molecule has 0 aromatic carbocycles. The second-order valence-corrected chi connectivity index (χ2v) is 5.95. The van der Waals surface area contributed by atoms with Crippen LogP contribution in [0.3, 0.4) is 0 Å². The molecule has 1 aliphatic rings. The SMILES string of the molecule is ClCC1(Nc2nccc3sccc23)CCCC1. The van der Waals surface area contributed by atoms with E-state index in [-0.39, 0.29) is 5.54 Å². The van der Waals surface area contributed by atoms with Gasteiger partial charge in [-0.3, -0.25) is 0 Å². The molecule has 2 nitrogen and oxygen atoms in total. The van der Waals surface area contributed by atoms with Gasteiger partial charge in [0, 0.05) is 22.2 Å². The zero-order chi connectivity index (χ0) is 11.7. The highest BCUT2D eigenvalue weighted by atomic mass is 35.5. The van der Waals surface area contributed by atoms with Crippen molar-refractivity contribution >= 4 is 38.8 Å². The number of alkyl halides is 1. The van der Waals surface area contributed by atoms with Gasteiger partial charge in [0.2, 0.25) is 0 Å². The molecule has 0 bridgehead atoms. The number of rotatable bonds is 3. The Hall–Kier alpha value is -0.800. The molecule has 0 radical (unpaired) electrons. The Morgan fingerprint density at radius 1 is 1.35 bits per heavy atom. The molecule has 0 atom stereocenters. The molecule has 2 heterocycles. The summed E-state index contributed by atoms with van der Waals surface area (Å²) in [6.45, 7) is 0. The van der Waals surface area contributed by atoms with E-state index in [1.54, 1.807) is 11.3 Å². The predicted molar refractivity (Wildman–Crippen MR) is 75.2 cm³/mol. The van der Waals surface area contributed by atoms with Gasteiger partial charge in [-0.1, -0.05) is 12.8 Å². The van der Waals surface area contributed by atoms with E-state index in [0.717, 1.165) is 18.7 Å². The first-order chi connectivity index (χ1) is 8.33. The largest absolute Gasteiger partial charge is 0.363 e. The maximum Gasteiger partial charge on any atom is 0.135 e. The fraction of sp³-hybridized carbons (Fsp3) is 0.462. The van der Waals surface area contributed by atoms with Gasteiger partial charge in [0.25, 0.3) is 0 Å². The van der Waals surface area contributed by atoms with E-state index in [1.165, 1.54) is 22.9 Å². The van der Waals surface area contributed by atoms with Gasteiger partial charge in [0.15, 0.2) is 0 Å². The molecule has 2 aromatic rings. The van der Waals surface area contributed by atoms with Crippen molar-refractivity contribution in [3.63, 3.8) is 0 Å². The Kier molecular flexibility index (Phi) is 2.97. The third-order valence-corrected chi connectivity index (χ3v) is 4.97. The third-order valence-electron chi connectivity index (χ3n) is 3.58. The fourth-order valence-corrected chi connectivity index (χ4v) is 3.71. The van der Waals surface area contributed by atoms with Crippen molar-refractivity contribution in [2.24, 2.45) is 0 Å². The Bertz CT molecular complexity index is 517. The molecule has 3 rings (SSSR count). The average Bonchev–Trinajstić information content (AvgIpc) is 2.98. The summed E-state index contributed by atoms with van der Waals surface area (Å²) >= 11 is 7.90. The molecule has 1 N–H and O–H groups in total. The van der Waals surface area contributed by atoms with E-state index < -0.39 is 0 Å². The average molecular weight is 267 g/mol. The third kappa shape index (κ3) is 2.02. The number of nitrogens with one attached hydrogen (secondary N) is 1. The standard InChI is InChI=1S/C13H15ClN2S/c14-9-13(5-1-2-6-13)16-12-10-4-8-17-11(10)3-7-15-12/h3-4,7-8H,1-2,5-6,9H2,(H,15,16). The fourth-order valence-electron chi connectivity index (χ4n) is 2.59. The molecule has 4 heteroatoms. The Labute approximate surface area is 110 Å². The summed E-state index contributed by atoms with van der Waals surface area (Å²) < 4.78 is 1.28. The van der Waals surface area contributed by atoms with Crippen LogP contribution in [0.25, 0.3) is 10.1 Å². The highest BCUT2D eigenvalue weighted by Gasteiger charge is 2.33. The molecule has 0 saturated heterocycles. The van der Waals surface area contributed by atoms with Gasteiger partial charge in [-0.25, -0.2) is 4.98 Å². The maximum absolute atomic E-state index is 6.15. The summed E-state index contributed by atoms with van der Waals surface area (Å²) in [7, 11) is 0. The van der Waals surface area contributed by atoms with Crippen LogP contribution in [0.4, 0.5) is 5.82 Å². The maximum atomic E-state index is 6.15. The molecule has 0 unspecified atom stereocenters. The topological polar surface area (TPSA) is 24.9 Å². The van der Waals surface area contributed by atoms with Crippen LogP contribution in [0, 0.1) is 0 Å². The number of thiophene rings is 1. The molecular weight excluding hydrogens is 252 g/mol. The second kappa shape index (κ2) is 4.46. The second-order valence-electron chi connectivity index (χ2n) is 4.74. The molecule has 0 amide bonds. The number of hydrogen-bond acceptors (Lipinski definition) is 3. The van der Waals surface area contributed by atoms with Crippen molar-refractivity contribution in [3.05, 3.63) is 23.7 Å². The van der Waals surface area contributed by atoms with Crippen LogP contribution in [0.5, 0.6) is 0 Å². The zero-order valence-electron chi connectivity index (χ0n) is 9.58. The summed E-state index contributed by atoms with van der Waals surface area (Å²) in [4.78, 5) is 4.47. The van der Waals surface area contributed by atoms with Crippen molar-refractivity contribution in [2.45, 2.75) is 31.2 Å². The lowest BCUT2D eigenvalue weighted by Gasteiger charge is -2.28. The van der Waals surface area contributed by atoms with Gasteiger partial charge >= 0.3 is 0 Å². The summed E-state index contributed by atoms with van der Waals surface area (Å²) in [5.41, 5.74) is 0.0603. The lowest BCUT2D eigenvalue weighted by Crippen LogP contribution is -2.37. The lowest BCUT2D eigenvalue weighted by molar-refractivity contribution is 0.538. The Morgan fingerprint density at radius 2 is 2.18 bits per heavy atom. The van der Waals surface area contributed by atoms with E-state index in [9.17, 15) is 0 Å². The van der Waals surface area contributed by atoms with Crippen molar-refractivity contribution in [1.82, 2.24) is 4.98 Å². The van der Waals surface area contributed by atoms with Crippen LogP contribution in [0.2, 0.25) is 0 Å². The van der Waals surface area contributed by atoms with Gasteiger partial charge < -0.3 is 5.32 Å². The molecule has 17 heavy (non-hydrogen) atoms. The number of hydrogen-bond donors (Lipinski definition) is 1. The van der Waals surface area contributed by atoms with Gasteiger partial charge in [-0.2, -0.15) is 0 Å². The molecule has 90 valence electrons. The molecular formula is C13H15ClN2S. The molecule has 0 aliphatic heterocycles. The van der Waals surface area contributed by atoms with Crippen LogP contribution in [0.15, 0.2) is 23.7 Å². The van der Waals surface area contributed by atoms with Crippen LogP contribution in [-0.2, 0) is 0 Å². The first-order valence-corrected chi connectivity index (χ1v) is 7.41. The minimum absolute atomic E-state index is 0.0603. The number of nitrogens with zero attached hydrogens (tertiary/aromatic N) is 1. The first-order valence-electron chi connectivity index (χ1n) is 5.99. The van der Waals surface area contributed by atoms with Crippen molar-refractivity contribution in [2.75, 3.05) is 11.2 Å². The molecule has 1 saturated carbocycles. The zero-order valence-corrected chi connectivity index (χ0v) is 11.2. The van der Waals surface area contributed by atoms with Gasteiger partial charge in [0.05, 0.1) is 5.54 Å². The highest BCUT2D eigenvalue weighted by Crippen LogP contribution is 2.36. The van der Waals surface area contributed by atoms with E-state index in [4.69, 9.17) is 11.6 Å². The number of pyridine rings is 1. The number of fused-ring (bicyclic) bond motifs is 1. The van der Waals surface area contributed by atoms with Gasteiger partial charge in [0.1, 0.15) is 5.82 Å². The Morgan fingerprint density at radius 3 is 2.94 bits per heavy atom. The summed E-state index contributed by atoms with van der Waals surface area (Å²) in [6, 6.07) is 4.19. The highest BCUT2D eigenvalue weighted by molar-refractivity contribution is 7.17. The molecule has 1 aliphatic carbocycles. The van der Waals surface area contributed by atoms with Crippen molar-refractivity contribution < 1.29 is 0 Å². The summed E-state index contributed by atoms with van der Waals surface area (Å²) in [6.07, 6.45) is 6.70. The minimum Gasteiger partial charge on any atom is -0.363 e. The van der Waals surface area contributed by atoms with E-state index >= 15 is 0 Å². The molecule has 1 fully saturated rings.